The topological polar surface area (TPSA) is 29.1 Å². The molecule has 0 fully saturated rings. The van der Waals surface area contributed by atoms with Crippen LogP contribution in [0.15, 0.2) is 45.3 Å². The summed E-state index contributed by atoms with van der Waals surface area (Å²) in [5, 5.41) is 2.78. The minimum atomic E-state index is -0.357. The maximum Gasteiger partial charge on any atom is 0.256 e. The van der Waals surface area contributed by atoms with Crippen molar-refractivity contribution in [3.63, 3.8) is 0 Å². The zero-order valence-electron chi connectivity index (χ0n) is 9.38. The molecule has 2 aromatic carbocycles. The summed E-state index contributed by atoms with van der Waals surface area (Å²) in [7, 11) is 0. The predicted octanol–water partition coefficient (Wildman–Crippen LogP) is 5.21. The molecule has 0 radical (unpaired) electrons. The SMILES string of the molecule is O=C(Nc1cc(Br)ccc1Br)c1ccc(F)cc1I. The van der Waals surface area contributed by atoms with Crippen LogP contribution in [0.4, 0.5) is 10.1 Å². The van der Waals surface area contributed by atoms with Crippen molar-refractivity contribution in [2.24, 2.45) is 0 Å². The third-order valence-corrected chi connectivity index (χ3v) is 4.43. The van der Waals surface area contributed by atoms with Crippen LogP contribution in [-0.2, 0) is 0 Å². The number of anilines is 1. The summed E-state index contributed by atoms with van der Waals surface area (Å²) in [6.45, 7) is 0. The second kappa shape index (κ2) is 6.32. The fourth-order valence-electron chi connectivity index (χ4n) is 1.46. The van der Waals surface area contributed by atoms with Gasteiger partial charge in [-0.3, -0.25) is 4.79 Å². The molecule has 19 heavy (non-hydrogen) atoms. The Hall–Kier alpha value is -0.470. The number of carbonyl (C=O) groups excluding carboxylic acids is 1. The quantitative estimate of drug-likeness (QED) is 0.566. The van der Waals surface area contributed by atoms with Gasteiger partial charge in [0.05, 0.1) is 11.3 Å². The smallest absolute Gasteiger partial charge is 0.256 e. The van der Waals surface area contributed by atoms with Crippen LogP contribution < -0.4 is 5.32 Å². The van der Waals surface area contributed by atoms with E-state index in [0.29, 0.717) is 14.8 Å². The molecular formula is C13H7Br2FINO. The molecule has 0 spiro atoms. The summed E-state index contributed by atoms with van der Waals surface area (Å²) < 4.78 is 15.2. The molecule has 0 saturated carbocycles. The standard InChI is InChI=1S/C13H7Br2FINO/c14-7-1-4-10(15)12(5-7)18-13(19)9-3-2-8(16)6-11(9)17/h1-6H,(H,18,19). The van der Waals surface area contributed by atoms with Crippen LogP contribution in [0.2, 0.25) is 0 Å². The summed E-state index contributed by atoms with van der Waals surface area (Å²) >= 11 is 8.64. The zero-order chi connectivity index (χ0) is 14.0. The Balaban J connectivity index is 2.28. The molecule has 0 atom stereocenters. The van der Waals surface area contributed by atoms with Gasteiger partial charge in [-0.05, 0) is 74.9 Å². The molecule has 0 aliphatic heterocycles. The van der Waals surface area contributed by atoms with E-state index in [2.05, 4.69) is 37.2 Å². The monoisotopic (exact) mass is 497 g/mol. The van der Waals surface area contributed by atoms with E-state index in [0.717, 1.165) is 8.95 Å². The van der Waals surface area contributed by atoms with Crippen molar-refractivity contribution in [3.05, 3.63) is 60.3 Å². The van der Waals surface area contributed by atoms with Gasteiger partial charge in [0.15, 0.2) is 0 Å². The van der Waals surface area contributed by atoms with Crippen molar-refractivity contribution in [1.82, 2.24) is 0 Å². The first-order valence-corrected chi connectivity index (χ1v) is 7.85. The van der Waals surface area contributed by atoms with Gasteiger partial charge in [0.1, 0.15) is 5.82 Å². The van der Waals surface area contributed by atoms with Crippen molar-refractivity contribution >= 4 is 66.0 Å². The van der Waals surface area contributed by atoms with Crippen molar-refractivity contribution in [2.45, 2.75) is 0 Å². The summed E-state index contributed by atoms with van der Waals surface area (Å²) in [6, 6.07) is 9.55. The first kappa shape index (κ1) is 14.9. The van der Waals surface area contributed by atoms with E-state index in [9.17, 15) is 9.18 Å². The number of hydrogen-bond donors (Lipinski definition) is 1. The number of benzene rings is 2. The van der Waals surface area contributed by atoms with Gasteiger partial charge in [-0.2, -0.15) is 0 Å². The molecule has 1 N–H and O–H groups in total. The molecule has 2 nitrogen and oxygen atoms in total. The Morgan fingerprint density at radius 2 is 1.89 bits per heavy atom. The third kappa shape index (κ3) is 3.76. The highest BCUT2D eigenvalue weighted by Crippen LogP contribution is 2.27. The Kier molecular flexibility index (Phi) is 4.97. The lowest BCUT2D eigenvalue weighted by molar-refractivity contribution is 0.102. The van der Waals surface area contributed by atoms with Crippen LogP contribution in [0.3, 0.4) is 0 Å². The highest BCUT2D eigenvalue weighted by atomic mass is 127. The second-order valence-corrected chi connectivity index (χ2v) is 6.63. The van der Waals surface area contributed by atoms with E-state index in [1.54, 1.807) is 6.07 Å². The van der Waals surface area contributed by atoms with Crippen LogP contribution >= 0.6 is 54.5 Å². The van der Waals surface area contributed by atoms with Gasteiger partial charge in [-0.15, -0.1) is 0 Å². The number of rotatable bonds is 2. The van der Waals surface area contributed by atoms with Crippen LogP contribution in [0.5, 0.6) is 0 Å². The molecule has 0 unspecified atom stereocenters. The first-order valence-electron chi connectivity index (χ1n) is 5.19. The van der Waals surface area contributed by atoms with Crippen molar-refractivity contribution in [2.75, 3.05) is 5.32 Å². The lowest BCUT2D eigenvalue weighted by atomic mass is 10.2. The minimum absolute atomic E-state index is 0.275. The molecule has 98 valence electrons. The van der Waals surface area contributed by atoms with Crippen molar-refractivity contribution in [3.8, 4) is 0 Å². The molecule has 0 aliphatic rings. The molecular weight excluding hydrogens is 492 g/mol. The fourth-order valence-corrected chi connectivity index (χ4v) is 2.89. The fraction of sp³-hybridized carbons (Fsp3) is 0. The highest BCUT2D eigenvalue weighted by Gasteiger charge is 2.12. The van der Waals surface area contributed by atoms with Crippen LogP contribution in [0, 0.1) is 9.39 Å². The van der Waals surface area contributed by atoms with Gasteiger partial charge in [0.2, 0.25) is 0 Å². The van der Waals surface area contributed by atoms with Crippen LogP contribution in [0.25, 0.3) is 0 Å². The molecule has 0 saturated heterocycles. The Morgan fingerprint density at radius 3 is 2.58 bits per heavy atom. The van der Waals surface area contributed by atoms with E-state index >= 15 is 0 Å². The predicted molar refractivity (Wildman–Crippen MR) is 88.9 cm³/mol. The van der Waals surface area contributed by atoms with Gasteiger partial charge in [-0.1, -0.05) is 15.9 Å². The Morgan fingerprint density at radius 1 is 1.16 bits per heavy atom. The number of carbonyl (C=O) groups is 1. The van der Waals surface area contributed by atoms with Crippen molar-refractivity contribution < 1.29 is 9.18 Å². The average molecular weight is 499 g/mol. The summed E-state index contributed by atoms with van der Waals surface area (Å²) in [6.07, 6.45) is 0. The van der Waals surface area contributed by atoms with E-state index in [4.69, 9.17) is 0 Å². The lowest BCUT2D eigenvalue weighted by Gasteiger charge is -2.09. The zero-order valence-corrected chi connectivity index (χ0v) is 14.7. The second-order valence-electron chi connectivity index (χ2n) is 3.70. The summed E-state index contributed by atoms with van der Waals surface area (Å²) in [4.78, 5) is 12.1. The number of amides is 1. The van der Waals surface area contributed by atoms with Gasteiger partial charge in [-0.25, -0.2) is 4.39 Å². The van der Waals surface area contributed by atoms with Gasteiger partial charge >= 0.3 is 0 Å². The minimum Gasteiger partial charge on any atom is -0.321 e. The number of hydrogen-bond acceptors (Lipinski definition) is 1. The molecule has 1 amide bonds. The van der Waals surface area contributed by atoms with Gasteiger partial charge in [0, 0.05) is 12.5 Å². The van der Waals surface area contributed by atoms with E-state index in [1.165, 1.54) is 18.2 Å². The van der Waals surface area contributed by atoms with E-state index in [-0.39, 0.29) is 11.7 Å². The molecule has 0 heterocycles. The average Bonchev–Trinajstić information content (AvgIpc) is 2.33. The molecule has 0 bridgehead atoms. The highest BCUT2D eigenvalue weighted by molar-refractivity contribution is 14.1. The number of halogens is 4. The maximum atomic E-state index is 13.0. The lowest BCUT2D eigenvalue weighted by Crippen LogP contribution is -2.14. The number of nitrogens with one attached hydrogen (secondary N) is 1. The normalized spacial score (nSPS) is 10.3. The van der Waals surface area contributed by atoms with E-state index < -0.39 is 0 Å². The first-order chi connectivity index (χ1) is 8.97. The largest absolute Gasteiger partial charge is 0.321 e. The van der Waals surface area contributed by atoms with Crippen molar-refractivity contribution in [1.29, 1.82) is 0 Å². The van der Waals surface area contributed by atoms with Gasteiger partial charge < -0.3 is 5.32 Å². The molecule has 2 aromatic rings. The maximum absolute atomic E-state index is 13.0. The Bertz CT molecular complexity index is 649. The molecule has 6 heteroatoms. The molecule has 2 rings (SSSR count). The van der Waals surface area contributed by atoms with Crippen LogP contribution in [0.1, 0.15) is 10.4 Å². The molecule has 0 aliphatic carbocycles. The van der Waals surface area contributed by atoms with Crippen LogP contribution in [-0.4, -0.2) is 5.91 Å². The molecule has 0 aromatic heterocycles. The third-order valence-electron chi connectivity index (χ3n) is 2.35. The van der Waals surface area contributed by atoms with Gasteiger partial charge in [0.25, 0.3) is 5.91 Å². The summed E-state index contributed by atoms with van der Waals surface area (Å²) in [5.41, 5.74) is 1.09. The van der Waals surface area contributed by atoms with E-state index in [1.807, 2.05) is 34.7 Å². The summed E-state index contributed by atoms with van der Waals surface area (Å²) in [5.74, 6) is -0.632. The Labute approximate surface area is 140 Å².